The zero-order valence-corrected chi connectivity index (χ0v) is 10.9. The van der Waals surface area contributed by atoms with E-state index in [9.17, 15) is 4.79 Å². The Morgan fingerprint density at radius 2 is 2.17 bits per heavy atom. The van der Waals surface area contributed by atoms with Gasteiger partial charge in [0.1, 0.15) is 5.75 Å². The lowest BCUT2D eigenvalue weighted by Crippen LogP contribution is -2.34. The molecule has 0 spiro atoms. The number of benzene rings is 1. The molecule has 1 aliphatic carbocycles. The van der Waals surface area contributed by atoms with Gasteiger partial charge < -0.3 is 15.4 Å². The summed E-state index contributed by atoms with van der Waals surface area (Å²) in [6.45, 7) is 2.55. The fourth-order valence-corrected chi connectivity index (χ4v) is 1.75. The molecule has 98 valence electrons. The van der Waals surface area contributed by atoms with Gasteiger partial charge in [0.2, 0.25) is 0 Å². The molecular formula is C14H20N2O2. The summed E-state index contributed by atoms with van der Waals surface area (Å²) in [6.07, 6.45) is 2.05. The number of carbonyl (C=O) groups is 1. The van der Waals surface area contributed by atoms with E-state index in [4.69, 9.17) is 4.74 Å². The Kier molecular flexibility index (Phi) is 4.20. The summed E-state index contributed by atoms with van der Waals surface area (Å²) in [6, 6.07) is 8.51. The molecule has 4 heteroatoms. The van der Waals surface area contributed by atoms with Gasteiger partial charge in [-0.15, -0.1) is 0 Å². The van der Waals surface area contributed by atoms with Crippen LogP contribution in [-0.2, 0) is 11.3 Å². The van der Waals surface area contributed by atoms with E-state index in [0.29, 0.717) is 6.04 Å². The van der Waals surface area contributed by atoms with Crippen LogP contribution in [0, 0.1) is 0 Å². The number of ether oxygens (including phenoxy) is 1. The number of carbonyl (C=O) groups excluding carboxylic acids is 1. The van der Waals surface area contributed by atoms with Crippen LogP contribution in [-0.4, -0.2) is 25.1 Å². The van der Waals surface area contributed by atoms with Crippen molar-refractivity contribution in [2.75, 3.05) is 7.05 Å². The predicted octanol–water partition coefficient (Wildman–Crippen LogP) is 1.45. The molecule has 2 rings (SSSR count). The number of nitrogens with one attached hydrogen (secondary N) is 2. The SMILES string of the molecule is CNC(=O)C(C)Oc1ccccc1CNC1CC1. The van der Waals surface area contributed by atoms with Gasteiger partial charge in [-0.05, 0) is 25.8 Å². The quantitative estimate of drug-likeness (QED) is 0.801. The summed E-state index contributed by atoms with van der Waals surface area (Å²) in [4.78, 5) is 11.5. The van der Waals surface area contributed by atoms with E-state index >= 15 is 0 Å². The standard InChI is InChI=1S/C14H20N2O2/c1-10(14(17)15-2)18-13-6-4-3-5-11(13)9-16-12-7-8-12/h3-6,10,12,16H,7-9H2,1-2H3,(H,15,17). The fraction of sp³-hybridized carbons (Fsp3) is 0.500. The van der Waals surface area contributed by atoms with Gasteiger partial charge in [-0.25, -0.2) is 0 Å². The molecule has 1 saturated carbocycles. The Balaban J connectivity index is 1.99. The van der Waals surface area contributed by atoms with Gasteiger partial charge in [-0.1, -0.05) is 18.2 Å². The molecule has 18 heavy (non-hydrogen) atoms. The molecule has 1 aromatic carbocycles. The lowest BCUT2D eigenvalue weighted by atomic mass is 10.2. The number of rotatable bonds is 6. The van der Waals surface area contributed by atoms with Crippen molar-refractivity contribution >= 4 is 5.91 Å². The van der Waals surface area contributed by atoms with Gasteiger partial charge in [-0.3, -0.25) is 4.79 Å². The molecule has 0 bridgehead atoms. The van der Waals surface area contributed by atoms with Crippen molar-refractivity contribution < 1.29 is 9.53 Å². The minimum Gasteiger partial charge on any atom is -0.481 e. The van der Waals surface area contributed by atoms with Gasteiger partial charge >= 0.3 is 0 Å². The van der Waals surface area contributed by atoms with E-state index in [-0.39, 0.29) is 5.91 Å². The third-order valence-electron chi connectivity index (χ3n) is 3.05. The maximum absolute atomic E-state index is 11.5. The van der Waals surface area contributed by atoms with Crippen LogP contribution in [0.4, 0.5) is 0 Å². The molecule has 0 saturated heterocycles. The molecular weight excluding hydrogens is 228 g/mol. The summed E-state index contributed by atoms with van der Waals surface area (Å²) in [7, 11) is 1.61. The van der Waals surface area contributed by atoms with Crippen molar-refractivity contribution in [1.82, 2.24) is 10.6 Å². The van der Waals surface area contributed by atoms with Crippen LogP contribution in [0.5, 0.6) is 5.75 Å². The second-order valence-electron chi connectivity index (χ2n) is 4.64. The van der Waals surface area contributed by atoms with Gasteiger partial charge in [-0.2, -0.15) is 0 Å². The van der Waals surface area contributed by atoms with Crippen molar-refractivity contribution in [1.29, 1.82) is 0 Å². The molecule has 1 fully saturated rings. The van der Waals surface area contributed by atoms with Gasteiger partial charge in [0.25, 0.3) is 5.91 Å². The first kappa shape index (κ1) is 12.9. The number of likely N-dealkylation sites (N-methyl/N-ethyl adjacent to an activating group) is 1. The monoisotopic (exact) mass is 248 g/mol. The smallest absolute Gasteiger partial charge is 0.260 e. The highest BCUT2D eigenvalue weighted by molar-refractivity contribution is 5.80. The summed E-state index contributed by atoms with van der Waals surface area (Å²) >= 11 is 0. The molecule has 1 aromatic rings. The second-order valence-corrected chi connectivity index (χ2v) is 4.64. The Labute approximate surface area is 108 Å². The molecule has 0 aliphatic heterocycles. The van der Waals surface area contributed by atoms with Gasteiger partial charge in [0, 0.05) is 25.2 Å². The third kappa shape index (κ3) is 3.47. The minimum atomic E-state index is -0.475. The molecule has 0 radical (unpaired) electrons. The van der Waals surface area contributed by atoms with Crippen LogP contribution in [0.2, 0.25) is 0 Å². The average Bonchev–Trinajstić information content (AvgIpc) is 3.20. The highest BCUT2D eigenvalue weighted by atomic mass is 16.5. The normalized spacial score (nSPS) is 16.1. The number of hydrogen-bond acceptors (Lipinski definition) is 3. The molecule has 0 aromatic heterocycles. The largest absolute Gasteiger partial charge is 0.481 e. The summed E-state index contributed by atoms with van der Waals surface area (Å²) < 4.78 is 5.70. The Hall–Kier alpha value is -1.55. The van der Waals surface area contributed by atoms with Crippen molar-refractivity contribution in [2.24, 2.45) is 0 Å². The maximum Gasteiger partial charge on any atom is 0.260 e. The Bertz CT molecular complexity index is 416. The molecule has 4 nitrogen and oxygen atoms in total. The maximum atomic E-state index is 11.5. The van der Waals surface area contributed by atoms with Gasteiger partial charge in [0.05, 0.1) is 0 Å². The number of amides is 1. The van der Waals surface area contributed by atoms with E-state index in [0.717, 1.165) is 17.9 Å². The fourth-order valence-electron chi connectivity index (χ4n) is 1.75. The van der Waals surface area contributed by atoms with Crippen LogP contribution in [0.1, 0.15) is 25.3 Å². The van der Waals surface area contributed by atoms with E-state index < -0.39 is 6.10 Å². The van der Waals surface area contributed by atoms with Crippen molar-refractivity contribution in [3.63, 3.8) is 0 Å². The first-order chi connectivity index (χ1) is 8.70. The Morgan fingerprint density at radius 3 is 2.83 bits per heavy atom. The van der Waals surface area contributed by atoms with Crippen LogP contribution < -0.4 is 15.4 Å². The van der Waals surface area contributed by atoms with E-state index in [2.05, 4.69) is 10.6 Å². The molecule has 0 heterocycles. The van der Waals surface area contributed by atoms with E-state index in [1.54, 1.807) is 14.0 Å². The average molecular weight is 248 g/mol. The van der Waals surface area contributed by atoms with Crippen LogP contribution in [0.25, 0.3) is 0 Å². The zero-order chi connectivity index (χ0) is 13.0. The zero-order valence-electron chi connectivity index (χ0n) is 10.9. The van der Waals surface area contributed by atoms with E-state index in [1.165, 1.54) is 12.8 Å². The van der Waals surface area contributed by atoms with Crippen molar-refractivity contribution in [3.8, 4) is 5.75 Å². The molecule has 1 atom stereocenters. The summed E-state index contributed by atoms with van der Waals surface area (Å²) in [5, 5.41) is 6.03. The highest BCUT2D eigenvalue weighted by Gasteiger charge is 2.21. The lowest BCUT2D eigenvalue weighted by molar-refractivity contribution is -0.126. The summed E-state index contributed by atoms with van der Waals surface area (Å²) in [5.74, 6) is 0.668. The molecule has 2 N–H and O–H groups in total. The van der Waals surface area contributed by atoms with Gasteiger partial charge in [0.15, 0.2) is 6.10 Å². The first-order valence-electron chi connectivity index (χ1n) is 6.40. The Morgan fingerprint density at radius 1 is 1.44 bits per heavy atom. The third-order valence-corrected chi connectivity index (χ3v) is 3.05. The predicted molar refractivity (Wildman–Crippen MR) is 70.5 cm³/mol. The highest BCUT2D eigenvalue weighted by Crippen LogP contribution is 2.23. The first-order valence-corrected chi connectivity index (χ1v) is 6.40. The second kappa shape index (κ2) is 5.87. The minimum absolute atomic E-state index is 0.111. The van der Waals surface area contributed by atoms with Crippen LogP contribution in [0.3, 0.4) is 0 Å². The van der Waals surface area contributed by atoms with Crippen LogP contribution in [0.15, 0.2) is 24.3 Å². The lowest BCUT2D eigenvalue weighted by Gasteiger charge is -2.16. The molecule has 1 unspecified atom stereocenters. The van der Waals surface area contributed by atoms with E-state index in [1.807, 2.05) is 24.3 Å². The van der Waals surface area contributed by atoms with Crippen molar-refractivity contribution in [3.05, 3.63) is 29.8 Å². The van der Waals surface area contributed by atoms with Crippen LogP contribution >= 0.6 is 0 Å². The number of para-hydroxylation sites is 1. The summed E-state index contributed by atoms with van der Waals surface area (Å²) in [5.41, 5.74) is 1.10. The van der Waals surface area contributed by atoms with Crippen molar-refractivity contribution in [2.45, 2.75) is 38.5 Å². The topological polar surface area (TPSA) is 50.4 Å². The molecule has 1 amide bonds. The number of hydrogen-bond donors (Lipinski definition) is 2. The molecule has 1 aliphatic rings.